The Balaban J connectivity index is 1.55. The number of halogens is 1. The van der Waals surface area contributed by atoms with Crippen molar-refractivity contribution >= 4 is 40.0 Å². The lowest BCUT2D eigenvalue weighted by Gasteiger charge is -2.22. The monoisotopic (exact) mass is 451 g/mol. The van der Waals surface area contributed by atoms with Gasteiger partial charge in [0.1, 0.15) is 29.7 Å². The van der Waals surface area contributed by atoms with Crippen molar-refractivity contribution in [2.75, 3.05) is 17.7 Å². The number of aromatic nitrogens is 6. The van der Waals surface area contributed by atoms with Crippen molar-refractivity contribution in [3.8, 4) is 0 Å². The van der Waals surface area contributed by atoms with Crippen LogP contribution < -0.4 is 16.0 Å². The highest BCUT2D eigenvalue weighted by molar-refractivity contribution is 5.94. The first kappa shape index (κ1) is 19.9. The molecule has 6 rings (SSSR count). The molecule has 4 bridgehead atoms. The molecule has 3 atom stereocenters. The van der Waals surface area contributed by atoms with Gasteiger partial charge in [0.15, 0.2) is 11.3 Å². The molecule has 0 radical (unpaired) electrons. The van der Waals surface area contributed by atoms with E-state index in [4.69, 9.17) is 4.74 Å². The van der Waals surface area contributed by atoms with Crippen LogP contribution in [0.2, 0.25) is 0 Å². The molecule has 170 valence electrons. The number of nitrogens with one attached hydrogen (secondary N) is 3. The van der Waals surface area contributed by atoms with Gasteiger partial charge in [0.05, 0.1) is 30.1 Å². The van der Waals surface area contributed by atoms with E-state index in [0.717, 1.165) is 5.56 Å². The third-order valence-corrected chi connectivity index (χ3v) is 6.07. The van der Waals surface area contributed by atoms with Gasteiger partial charge in [-0.1, -0.05) is 0 Å². The maximum Gasteiger partial charge on any atom is 0.328 e. The van der Waals surface area contributed by atoms with Crippen molar-refractivity contribution in [3.05, 3.63) is 36.0 Å². The molecule has 0 spiro atoms. The molecule has 4 aromatic rings. The summed E-state index contributed by atoms with van der Waals surface area (Å²) in [6, 6.07) is 2.85. The van der Waals surface area contributed by atoms with Gasteiger partial charge in [0.2, 0.25) is 0 Å². The standard InChI is InChI=1S/C21H22FN9O2/c1-10-25-19-15-3-11(7-31(19)29-10)8-33-16-5-12(22)4-13(16)27-21(32)30-9-24-18-14(23-2)6-17(26-15)28-20(18)30/h3,6-7,9,12-13,16H,4-5,8H2,1-2H3,(H,27,32)(H2,23,26,28)/t12-,13-,16-/m1/s1. The summed E-state index contributed by atoms with van der Waals surface area (Å²) >= 11 is 0. The number of rotatable bonds is 1. The molecule has 11 nitrogen and oxygen atoms in total. The van der Waals surface area contributed by atoms with Gasteiger partial charge in [0.25, 0.3) is 0 Å². The maximum absolute atomic E-state index is 14.3. The molecule has 12 heteroatoms. The van der Waals surface area contributed by atoms with Crippen LogP contribution in [0.5, 0.6) is 0 Å². The number of fused-ring (bicyclic) bond motifs is 6. The third kappa shape index (κ3) is 3.33. The van der Waals surface area contributed by atoms with Crippen LogP contribution in [0.3, 0.4) is 0 Å². The van der Waals surface area contributed by atoms with Crippen LogP contribution in [0.1, 0.15) is 24.2 Å². The zero-order valence-electron chi connectivity index (χ0n) is 18.0. The van der Waals surface area contributed by atoms with E-state index < -0.39 is 24.3 Å². The van der Waals surface area contributed by atoms with Gasteiger partial charge in [0, 0.05) is 32.2 Å². The normalized spacial score (nSPS) is 22.8. The lowest BCUT2D eigenvalue weighted by molar-refractivity contribution is 0.0271. The average Bonchev–Trinajstić information content (AvgIpc) is 3.47. The van der Waals surface area contributed by atoms with Gasteiger partial charge in [-0.15, -0.1) is 0 Å². The van der Waals surface area contributed by atoms with E-state index in [0.29, 0.717) is 39.8 Å². The van der Waals surface area contributed by atoms with Crippen LogP contribution in [0.25, 0.3) is 16.8 Å². The number of hydrogen-bond acceptors (Lipinski definition) is 8. The Hall–Kier alpha value is -3.80. The van der Waals surface area contributed by atoms with E-state index >= 15 is 0 Å². The highest BCUT2D eigenvalue weighted by Crippen LogP contribution is 2.30. The Morgan fingerprint density at radius 1 is 1.24 bits per heavy atom. The van der Waals surface area contributed by atoms with E-state index in [1.807, 2.05) is 25.3 Å². The lowest BCUT2D eigenvalue weighted by Crippen LogP contribution is -2.43. The van der Waals surface area contributed by atoms with Gasteiger partial charge < -0.3 is 20.7 Å². The third-order valence-electron chi connectivity index (χ3n) is 6.07. The van der Waals surface area contributed by atoms with Crippen molar-refractivity contribution < 1.29 is 13.9 Å². The number of aryl methyl sites for hydroxylation is 1. The molecule has 0 aromatic carbocycles. The molecule has 1 amide bonds. The van der Waals surface area contributed by atoms with E-state index in [-0.39, 0.29) is 19.4 Å². The Labute approximate surface area is 187 Å². The van der Waals surface area contributed by atoms with E-state index in [1.165, 1.54) is 10.9 Å². The Bertz CT molecular complexity index is 1400. The number of hydrogen-bond donors (Lipinski definition) is 3. The molecular weight excluding hydrogens is 429 g/mol. The van der Waals surface area contributed by atoms with Gasteiger partial charge in [-0.05, 0) is 18.6 Å². The zero-order chi connectivity index (χ0) is 22.7. The summed E-state index contributed by atoms with van der Waals surface area (Å²) < 4.78 is 23.4. The predicted molar refractivity (Wildman–Crippen MR) is 119 cm³/mol. The minimum Gasteiger partial charge on any atom is -0.386 e. The second kappa shape index (κ2) is 7.37. The van der Waals surface area contributed by atoms with Gasteiger partial charge in [-0.3, -0.25) is 0 Å². The second-order valence-corrected chi connectivity index (χ2v) is 8.38. The molecule has 0 saturated heterocycles. The molecule has 2 aliphatic rings. The molecule has 1 fully saturated rings. The first-order valence-electron chi connectivity index (χ1n) is 10.7. The van der Waals surface area contributed by atoms with Crippen LogP contribution in [0, 0.1) is 6.92 Å². The molecule has 3 N–H and O–H groups in total. The van der Waals surface area contributed by atoms with Crippen LogP contribution in [-0.2, 0) is 11.3 Å². The minimum absolute atomic E-state index is 0.192. The summed E-state index contributed by atoms with van der Waals surface area (Å²) in [5, 5.41) is 13.8. The lowest BCUT2D eigenvalue weighted by atomic mass is 10.2. The number of ether oxygens (including phenoxy) is 1. The van der Waals surface area contributed by atoms with E-state index in [2.05, 4.69) is 36.0 Å². The Morgan fingerprint density at radius 3 is 2.97 bits per heavy atom. The average molecular weight is 451 g/mol. The number of imidazole rings is 1. The fourth-order valence-corrected chi connectivity index (χ4v) is 4.56. The van der Waals surface area contributed by atoms with Crippen molar-refractivity contribution in [1.29, 1.82) is 0 Å². The van der Waals surface area contributed by atoms with Crippen molar-refractivity contribution in [2.24, 2.45) is 0 Å². The predicted octanol–water partition coefficient (Wildman–Crippen LogP) is 2.52. The molecule has 33 heavy (non-hydrogen) atoms. The van der Waals surface area contributed by atoms with Crippen LogP contribution in [0.4, 0.5) is 26.4 Å². The number of carbonyl (C=O) groups is 1. The van der Waals surface area contributed by atoms with Crippen LogP contribution in [0.15, 0.2) is 24.7 Å². The molecule has 0 unspecified atom stereocenters. The first-order valence-corrected chi connectivity index (χ1v) is 10.7. The smallest absolute Gasteiger partial charge is 0.328 e. The SMILES string of the molecule is CNc1cc2nc3c1ncn3C(=O)N[C@@H]1C[C@@H](F)C[C@H]1OCc1cc(c3nc(C)nn3c1)N2. The highest BCUT2D eigenvalue weighted by atomic mass is 19.1. The minimum atomic E-state index is -1.05. The number of nitrogens with zero attached hydrogens (tertiary/aromatic N) is 6. The molecular formula is C21H22FN9O2. The van der Waals surface area contributed by atoms with E-state index in [9.17, 15) is 9.18 Å². The summed E-state index contributed by atoms with van der Waals surface area (Å²) in [5.41, 5.74) is 3.77. The largest absolute Gasteiger partial charge is 0.386 e. The molecule has 4 aromatic heterocycles. The van der Waals surface area contributed by atoms with Gasteiger partial charge in [-0.25, -0.2) is 33.2 Å². The van der Waals surface area contributed by atoms with Crippen molar-refractivity contribution in [3.63, 3.8) is 0 Å². The summed E-state index contributed by atoms with van der Waals surface area (Å²) in [5.74, 6) is 1.12. The Morgan fingerprint density at radius 2 is 2.12 bits per heavy atom. The fraction of sp³-hybridized carbons (Fsp3) is 0.381. The molecule has 5 heterocycles. The topological polar surface area (TPSA) is 123 Å². The second-order valence-electron chi connectivity index (χ2n) is 8.38. The number of carbonyl (C=O) groups excluding carboxylic acids is 1. The van der Waals surface area contributed by atoms with Crippen molar-refractivity contribution in [2.45, 2.75) is 44.7 Å². The zero-order valence-corrected chi connectivity index (χ0v) is 18.0. The maximum atomic E-state index is 14.3. The van der Waals surface area contributed by atoms with E-state index in [1.54, 1.807) is 11.6 Å². The van der Waals surface area contributed by atoms with Gasteiger partial charge >= 0.3 is 6.03 Å². The summed E-state index contributed by atoms with van der Waals surface area (Å²) in [7, 11) is 1.78. The molecule has 1 aliphatic carbocycles. The fourth-order valence-electron chi connectivity index (χ4n) is 4.56. The van der Waals surface area contributed by atoms with Gasteiger partial charge in [-0.2, -0.15) is 5.10 Å². The molecule has 1 aliphatic heterocycles. The quantitative estimate of drug-likeness (QED) is 0.403. The van der Waals surface area contributed by atoms with Crippen molar-refractivity contribution in [1.82, 2.24) is 34.4 Å². The summed E-state index contributed by atoms with van der Waals surface area (Å²) in [6.45, 7) is 2.05. The molecule has 1 saturated carbocycles. The van der Waals surface area contributed by atoms with Crippen LogP contribution >= 0.6 is 0 Å². The summed E-state index contributed by atoms with van der Waals surface area (Å²) in [6.07, 6.45) is 2.17. The highest BCUT2D eigenvalue weighted by Gasteiger charge is 2.37. The number of alkyl halides is 1. The number of pyridine rings is 2. The number of amides is 1. The van der Waals surface area contributed by atoms with Crippen LogP contribution in [-0.4, -0.2) is 60.5 Å². The number of anilines is 3. The summed E-state index contributed by atoms with van der Waals surface area (Å²) in [4.78, 5) is 26.6. The first-order chi connectivity index (χ1) is 16.0. The Kier molecular flexibility index (Phi) is 4.43.